The number of nitrogens with one attached hydrogen (secondary N) is 2. The van der Waals surface area contributed by atoms with E-state index >= 15 is 0 Å². The number of para-hydroxylation sites is 1. The predicted octanol–water partition coefficient (Wildman–Crippen LogP) is 2.23. The number of aliphatic hydroxyl groups excluding tert-OH is 1. The SMILES string of the molecule is Cc1cc(C)n(-c2ccccc2CNC(=O)N[C@@H]2C=C[C@H](CO)C2)n1. The Kier molecular flexibility index (Phi) is 5.19. The Morgan fingerprint density at radius 3 is 2.80 bits per heavy atom. The summed E-state index contributed by atoms with van der Waals surface area (Å²) in [5.74, 6) is 0.136. The molecule has 0 unspecified atom stereocenters. The second-order valence-electron chi connectivity index (χ2n) is 6.46. The molecule has 0 fully saturated rings. The number of aromatic nitrogens is 2. The van der Waals surface area contributed by atoms with Gasteiger partial charge in [0.2, 0.25) is 0 Å². The Labute approximate surface area is 147 Å². The van der Waals surface area contributed by atoms with Gasteiger partial charge in [-0.1, -0.05) is 30.4 Å². The molecule has 1 aromatic heterocycles. The van der Waals surface area contributed by atoms with Crippen molar-refractivity contribution in [2.75, 3.05) is 6.61 Å². The minimum Gasteiger partial charge on any atom is -0.396 e. The first-order valence-electron chi connectivity index (χ1n) is 8.52. The predicted molar refractivity (Wildman–Crippen MR) is 96.5 cm³/mol. The molecule has 0 radical (unpaired) electrons. The third-order valence-electron chi connectivity index (χ3n) is 4.39. The lowest BCUT2D eigenvalue weighted by Crippen LogP contribution is -2.40. The molecular formula is C19H24N4O2. The van der Waals surface area contributed by atoms with Crippen LogP contribution < -0.4 is 10.6 Å². The van der Waals surface area contributed by atoms with Gasteiger partial charge in [-0.25, -0.2) is 9.48 Å². The van der Waals surface area contributed by atoms with Gasteiger partial charge in [0.05, 0.1) is 11.4 Å². The Hall–Kier alpha value is -2.60. The van der Waals surface area contributed by atoms with E-state index in [1.54, 1.807) is 0 Å². The number of rotatable bonds is 5. The molecule has 132 valence electrons. The van der Waals surface area contributed by atoms with Crippen LogP contribution in [0.3, 0.4) is 0 Å². The van der Waals surface area contributed by atoms with Crippen LogP contribution in [0, 0.1) is 19.8 Å². The van der Waals surface area contributed by atoms with E-state index in [4.69, 9.17) is 5.11 Å². The van der Waals surface area contributed by atoms with E-state index < -0.39 is 0 Å². The Bertz CT molecular complexity index is 781. The van der Waals surface area contributed by atoms with E-state index in [1.165, 1.54) is 0 Å². The summed E-state index contributed by atoms with van der Waals surface area (Å²) >= 11 is 0. The van der Waals surface area contributed by atoms with Crippen LogP contribution in [0.2, 0.25) is 0 Å². The maximum atomic E-state index is 12.1. The van der Waals surface area contributed by atoms with Crippen molar-refractivity contribution in [2.45, 2.75) is 32.9 Å². The number of amides is 2. The lowest BCUT2D eigenvalue weighted by atomic mass is 10.1. The first-order valence-corrected chi connectivity index (χ1v) is 8.52. The molecule has 25 heavy (non-hydrogen) atoms. The summed E-state index contributed by atoms with van der Waals surface area (Å²) in [6.07, 6.45) is 4.62. The lowest BCUT2D eigenvalue weighted by molar-refractivity contribution is 0.231. The van der Waals surface area contributed by atoms with Crippen molar-refractivity contribution in [2.24, 2.45) is 5.92 Å². The zero-order chi connectivity index (χ0) is 17.8. The molecule has 3 N–H and O–H groups in total. The van der Waals surface area contributed by atoms with Crippen molar-refractivity contribution in [1.29, 1.82) is 0 Å². The van der Waals surface area contributed by atoms with Gasteiger partial charge >= 0.3 is 6.03 Å². The second-order valence-corrected chi connectivity index (χ2v) is 6.46. The van der Waals surface area contributed by atoms with Gasteiger partial charge in [0, 0.05) is 30.8 Å². The molecule has 1 aliphatic rings. The minimum absolute atomic E-state index is 0.0246. The van der Waals surface area contributed by atoms with Gasteiger partial charge in [-0.3, -0.25) is 0 Å². The molecule has 0 spiro atoms. The van der Waals surface area contributed by atoms with E-state index in [9.17, 15) is 4.79 Å². The molecule has 1 aliphatic carbocycles. The summed E-state index contributed by atoms with van der Waals surface area (Å²) in [5.41, 5.74) is 3.98. The highest BCUT2D eigenvalue weighted by Gasteiger charge is 2.19. The summed E-state index contributed by atoms with van der Waals surface area (Å²) in [4.78, 5) is 12.1. The molecule has 6 heteroatoms. The third-order valence-corrected chi connectivity index (χ3v) is 4.39. The number of aryl methyl sites for hydroxylation is 2. The number of carbonyl (C=O) groups excluding carboxylic acids is 1. The maximum absolute atomic E-state index is 12.1. The van der Waals surface area contributed by atoms with Crippen molar-refractivity contribution < 1.29 is 9.90 Å². The van der Waals surface area contributed by atoms with Crippen molar-refractivity contribution in [3.05, 3.63) is 59.4 Å². The Balaban J connectivity index is 1.63. The quantitative estimate of drug-likeness (QED) is 0.730. The average Bonchev–Trinajstić information content (AvgIpc) is 3.19. The summed E-state index contributed by atoms with van der Waals surface area (Å²) in [5, 5.41) is 19.5. The normalized spacial score (nSPS) is 19.2. The molecule has 1 heterocycles. The highest BCUT2D eigenvalue weighted by molar-refractivity contribution is 5.74. The van der Waals surface area contributed by atoms with E-state index in [0.717, 1.165) is 29.1 Å². The van der Waals surface area contributed by atoms with Crippen LogP contribution >= 0.6 is 0 Å². The largest absolute Gasteiger partial charge is 0.396 e. The first kappa shape index (κ1) is 17.2. The molecule has 0 bridgehead atoms. The van der Waals surface area contributed by atoms with E-state index in [0.29, 0.717) is 6.54 Å². The topological polar surface area (TPSA) is 79.2 Å². The molecule has 2 amide bonds. The smallest absolute Gasteiger partial charge is 0.315 e. The molecular weight excluding hydrogens is 316 g/mol. The van der Waals surface area contributed by atoms with E-state index in [2.05, 4.69) is 15.7 Å². The standard InChI is InChI=1S/C19H24N4O2/c1-13-9-14(2)23(22-13)18-6-4-3-5-16(18)11-20-19(25)21-17-8-7-15(10-17)12-24/h3-9,15,17,24H,10-12H2,1-2H3,(H2,20,21,25)/t15-,17+/m0/s1. The second kappa shape index (κ2) is 7.53. The van der Waals surface area contributed by atoms with Gasteiger partial charge in [-0.15, -0.1) is 0 Å². The molecule has 2 aromatic rings. The lowest BCUT2D eigenvalue weighted by Gasteiger charge is -2.15. The Morgan fingerprint density at radius 2 is 2.12 bits per heavy atom. The van der Waals surface area contributed by atoms with Gasteiger partial charge in [-0.2, -0.15) is 5.10 Å². The highest BCUT2D eigenvalue weighted by Crippen LogP contribution is 2.18. The van der Waals surface area contributed by atoms with Crippen LogP contribution in [0.4, 0.5) is 4.79 Å². The first-order chi connectivity index (χ1) is 12.1. The fourth-order valence-corrected chi connectivity index (χ4v) is 3.15. The third kappa shape index (κ3) is 4.09. The fourth-order valence-electron chi connectivity index (χ4n) is 3.15. The van der Waals surface area contributed by atoms with E-state index in [-0.39, 0.29) is 24.6 Å². The van der Waals surface area contributed by atoms with Crippen LogP contribution in [0.1, 0.15) is 23.4 Å². The number of urea groups is 1. The summed E-state index contributed by atoms with van der Waals surface area (Å²) < 4.78 is 1.90. The van der Waals surface area contributed by atoms with Gasteiger partial charge < -0.3 is 15.7 Å². The molecule has 1 aromatic carbocycles. The fraction of sp³-hybridized carbons (Fsp3) is 0.368. The molecule has 0 aliphatic heterocycles. The zero-order valence-corrected chi connectivity index (χ0v) is 14.6. The molecule has 0 saturated carbocycles. The van der Waals surface area contributed by atoms with Crippen LogP contribution in [0.25, 0.3) is 5.69 Å². The maximum Gasteiger partial charge on any atom is 0.315 e. The number of nitrogens with zero attached hydrogens (tertiary/aromatic N) is 2. The van der Waals surface area contributed by atoms with Crippen molar-refractivity contribution in [3.8, 4) is 5.69 Å². The number of hydrogen-bond donors (Lipinski definition) is 3. The Morgan fingerprint density at radius 1 is 1.32 bits per heavy atom. The van der Waals surface area contributed by atoms with Crippen LogP contribution in [0.5, 0.6) is 0 Å². The highest BCUT2D eigenvalue weighted by atomic mass is 16.3. The van der Waals surface area contributed by atoms with Gasteiger partial charge in [0.25, 0.3) is 0 Å². The van der Waals surface area contributed by atoms with E-state index in [1.807, 2.05) is 61.0 Å². The summed E-state index contributed by atoms with van der Waals surface area (Å²) in [7, 11) is 0. The number of benzene rings is 1. The monoisotopic (exact) mass is 340 g/mol. The number of carbonyl (C=O) groups is 1. The summed E-state index contributed by atoms with van der Waals surface area (Å²) in [6.45, 7) is 4.51. The van der Waals surface area contributed by atoms with Gasteiger partial charge in [0.15, 0.2) is 0 Å². The average molecular weight is 340 g/mol. The van der Waals surface area contributed by atoms with Gasteiger partial charge in [0.1, 0.15) is 0 Å². The zero-order valence-electron chi connectivity index (χ0n) is 14.6. The molecule has 0 saturated heterocycles. The van der Waals surface area contributed by atoms with Crippen LogP contribution in [-0.4, -0.2) is 33.6 Å². The minimum atomic E-state index is -0.212. The number of aliphatic hydroxyl groups is 1. The van der Waals surface area contributed by atoms with Crippen molar-refractivity contribution in [1.82, 2.24) is 20.4 Å². The van der Waals surface area contributed by atoms with Crippen molar-refractivity contribution in [3.63, 3.8) is 0 Å². The van der Waals surface area contributed by atoms with Gasteiger partial charge in [-0.05, 0) is 38.0 Å². The molecule has 6 nitrogen and oxygen atoms in total. The van der Waals surface area contributed by atoms with Crippen LogP contribution in [0.15, 0.2) is 42.5 Å². The molecule has 3 rings (SSSR count). The molecule has 2 atom stereocenters. The summed E-state index contributed by atoms with van der Waals surface area (Å²) in [6, 6.07) is 9.70. The van der Waals surface area contributed by atoms with Crippen LogP contribution in [-0.2, 0) is 6.54 Å². The number of hydrogen-bond acceptors (Lipinski definition) is 3. The van der Waals surface area contributed by atoms with Crippen molar-refractivity contribution >= 4 is 6.03 Å².